The summed E-state index contributed by atoms with van der Waals surface area (Å²) in [7, 11) is 0. The van der Waals surface area contributed by atoms with Crippen molar-refractivity contribution in [1.29, 1.82) is 0 Å². The van der Waals surface area contributed by atoms with Crippen LogP contribution in [-0.4, -0.2) is 53.4 Å². The van der Waals surface area contributed by atoms with Crippen molar-refractivity contribution in [2.75, 3.05) is 13.1 Å². The number of alkyl carbamates (subject to hydrolysis) is 1. The Morgan fingerprint density at radius 3 is 2.33 bits per heavy atom. The van der Waals surface area contributed by atoms with Gasteiger partial charge in [0.2, 0.25) is 17.7 Å². The molecule has 0 saturated heterocycles. The van der Waals surface area contributed by atoms with Gasteiger partial charge in [0, 0.05) is 13.1 Å². The number of rotatable bonds is 11. The van der Waals surface area contributed by atoms with Crippen LogP contribution in [0.1, 0.15) is 71.0 Å². The van der Waals surface area contributed by atoms with Crippen LogP contribution in [0.15, 0.2) is 24.3 Å². The summed E-state index contributed by atoms with van der Waals surface area (Å²) in [5.41, 5.74) is 6.12. The lowest BCUT2D eigenvalue weighted by molar-refractivity contribution is -0.143. The summed E-state index contributed by atoms with van der Waals surface area (Å²) in [6, 6.07) is 5.12. The first-order chi connectivity index (χ1) is 15.4. The van der Waals surface area contributed by atoms with E-state index in [1.54, 1.807) is 33.8 Å². The summed E-state index contributed by atoms with van der Waals surface area (Å²) >= 11 is 0. The van der Waals surface area contributed by atoms with Gasteiger partial charge in [-0.25, -0.2) is 4.79 Å². The number of carbonyl (C=O) groups excluding carboxylic acids is 4. The largest absolute Gasteiger partial charge is 0.444 e. The first-order valence-electron chi connectivity index (χ1n) is 11.3. The molecule has 1 aromatic rings. The summed E-state index contributed by atoms with van der Waals surface area (Å²) in [4.78, 5) is 52.0. The van der Waals surface area contributed by atoms with Gasteiger partial charge in [0.1, 0.15) is 17.7 Å². The Morgan fingerprint density at radius 1 is 1.15 bits per heavy atom. The number of hydrogen-bond donors (Lipinski definition) is 3. The topological polar surface area (TPSA) is 131 Å². The van der Waals surface area contributed by atoms with Crippen molar-refractivity contribution >= 4 is 23.8 Å². The van der Waals surface area contributed by atoms with E-state index in [4.69, 9.17) is 10.5 Å². The molecule has 0 saturated carbocycles. The molecule has 0 fully saturated rings. The Hall–Kier alpha value is -3.10. The maximum absolute atomic E-state index is 13.5. The van der Waals surface area contributed by atoms with Gasteiger partial charge in [-0.1, -0.05) is 43.2 Å². The number of ether oxygens (including phenoxy) is 1. The van der Waals surface area contributed by atoms with Crippen molar-refractivity contribution in [3.63, 3.8) is 0 Å². The van der Waals surface area contributed by atoms with E-state index in [2.05, 4.69) is 10.6 Å². The van der Waals surface area contributed by atoms with Gasteiger partial charge in [-0.2, -0.15) is 0 Å². The normalized spacial score (nSPS) is 12.9. The second-order valence-electron chi connectivity index (χ2n) is 8.95. The van der Waals surface area contributed by atoms with Gasteiger partial charge in [-0.3, -0.25) is 14.4 Å². The molecule has 2 atom stereocenters. The quantitative estimate of drug-likeness (QED) is 0.435. The summed E-state index contributed by atoms with van der Waals surface area (Å²) < 4.78 is 5.23. The first-order valence-corrected chi connectivity index (χ1v) is 11.3. The van der Waals surface area contributed by atoms with E-state index in [9.17, 15) is 19.2 Å². The van der Waals surface area contributed by atoms with Gasteiger partial charge in [0.25, 0.3) is 0 Å². The Balaban J connectivity index is 3.30. The Bertz CT molecular complexity index is 834. The lowest BCUT2D eigenvalue weighted by atomic mass is 10.0. The van der Waals surface area contributed by atoms with Crippen LogP contribution < -0.4 is 16.4 Å². The van der Waals surface area contributed by atoms with E-state index < -0.39 is 42.0 Å². The van der Waals surface area contributed by atoms with Crippen LogP contribution in [-0.2, 0) is 19.1 Å². The summed E-state index contributed by atoms with van der Waals surface area (Å²) in [6.45, 7) is 11.3. The smallest absolute Gasteiger partial charge is 0.408 e. The van der Waals surface area contributed by atoms with Crippen molar-refractivity contribution < 1.29 is 23.9 Å². The van der Waals surface area contributed by atoms with E-state index in [1.807, 2.05) is 32.0 Å². The van der Waals surface area contributed by atoms with Gasteiger partial charge in [-0.15, -0.1) is 0 Å². The molecule has 1 aromatic carbocycles. The first kappa shape index (κ1) is 27.9. The monoisotopic (exact) mass is 462 g/mol. The number of unbranched alkanes of at least 4 members (excludes halogenated alkanes) is 1. The predicted octanol–water partition coefficient (Wildman–Crippen LogP) is 2.57. The van der Waals surface area contributed by atoms with E-state index in [1.165, 1.54) is 4.90 Å². The fourth-order valence-corrected chi connectivity index (χ4v) is 3.31. The van der Waals surface area contributed by atoms with Crippen LogP contribution >= 0.6 is 0 Å². The molecular weight excluding hydrogens is 424 g/mol. The summed E-state index contributed by atoms with van der Waals surface area (Å²) in [6.07, 6.45) is 0.438. The van der Waals surface area contributed by atoms with Crippen LogP contribution in [0.2, 0.25) is 0 Å². The number of carbonyl (C=O) groups is 4. The highest BCUT2D eigenvalue weighted by atomic mass is 16.6. The fourth-order valence-electron chi connectivity index (χ4n) is 3.31. The maximum atomic E-state index is 13.5. The van der Waals surface area contributed by atoms with Gasteiger partial charge < -0.3 is 26.0 Å². The standard InChI is InChI=1S/C24H38N4O5/c1-7-9-13-26-21(30)20(17-12-10-11-16(3)14-17)28(8-2)22(31)18(15-19(25)29)27-23(32)33-24(4,5)6/h10-12,14,18,20H,7-9,13,15H2,1-6H3,(H2,25,29)(H,26,30)(H,27,32). The molecule has 2 unspecified atom stereocenters. The molecular formula is C24H38N4O5. The number of nitrogens with one attached hydrogen (secondary N) is 2. The number of primary amides is 1. The van der Waals surface area contributed by atoms with Crippen molar-refractivity contribution in [1.82, 2.24) is 15.5 Å². The molecule has 0 heterocycles. The average Bonchev–Trinajstić information content (AvgIpc) is 2.69. The minimum atomic E-state index is -1.27. The van der Waals surface area contributed by atoms with Crippen molar-refractivity contribution in [2.45, 2.75) is 78.5 Å². The third kappa shape index (κ3) is 9.51. The Labute approximate surface area is 196 Å². The molecule has 1 rings (SSSR count). The number of hydrogen-bond acceptors (Lipinski definition) is 5. The number of benzene rings is 1. The molecule has 0 spiro atoms. The van der Waals surface area contributed by atoms with Crippen LogP contribution in [0.25, 0.3) is 0 Å². The number of amides is 4. The van der Waals surface area contributed by atoms with E-state index >= 15 is 0 Å². The van der Waals surface area contributed by atoms with Crippen LogP contribution in [0.5, 0.6) is 0 Å². The molecule has 4 amide bonds. The van der Waals surface area contributed by atoms with Crippen molar-refractivity contribution in [3.8, 4) is 0 Å². The Kier molecular flexibility index (Phi) is 10.8. The Morgan fingerprint density at radius 2 is 1.82 bits per heavy atom. The summed E-state index contributed by atoms with van der Waals surface area (Å²) in [5.74, 6) is -1.70. The SMILES string of the molecule is CCCCNC(=O)C(c1cccc(C)c1)N(CC)C(=O)C(CC(N)=O)NC(=O)OC(C)(C)C. The van der Waals surface area contributed by atoms with Gasteiger partial charge >= 0.3 is 6.09 Å². The molecule has 0 aliphatic carbocycles. The number of nitrogens with two attached hydrogens (primary N) is 1. The molecule has 0 aromatic heterocycles. The van der Waals surface area contributed by atoms with Crippen LogP contribution in [0, 0.1) is 6.92 Å². The molecule has 33 heavy (non-hydrogen) atoms. The van der Waals surface area contributed by atoms with Crippen molar-refractivity contribution in [2.24, 2.45) is 5.73 Å². The third-order valence-electron chi connectivity index (χ3n) is 4.77. The highest BCUT2D eigenvalue weighted by Crippen LogP contribution is 2.24. The van der Waals surface area contributed by atoms with Crippen LogP contribution in [0.3, 0.4) is 0 Å². The number of likely N-dealkylation sites (N-methyl/N-ethyl adjacent to an activating group) is 1. The zero-order chi connectivity index (χ0) is 25.2. The third-order valence-corrected chi connectivity index (χ3v) is 4.77. The second-order valence-corrected chi connectivity index (χ2v) is 8.95. The number of aryl methyl sites for hydroxylation is 1. The molecule has 0 bridgehead atoms. The number of nitrogens with zero attached hydrogens (tertiary/aromatic N) is 1. The fraction of sp³-hybridized carbons (Fsp3) is 0.583. The molecule has 9 nitrogen and oxygen atoms in total. The molecule has 9 heteroatoms. The zero-order valence-electron chi connectivity index (χ0n) is 20.6. The lowest BCUT2D eigenvalue weighted by Gasteiger charge is -2.33. The maximum Gasteiger partial charge on any atom is 0.408 e. The van der Waals surface area contributed by atoms with Crippen LogP contribution in [0.4, 0.5) is 4.79 Å². The van der Waals surface area contributed by atoms with E-state index in [0.29, 0.717) is 12.1 Å². The van der Waals surface area contributed by atoms with Gasteiger partial charge in [0.05, 0.1) is 6.42 Å². The van der Waals surface area contributed by atoms with Gasteiger partial charge in [0.15, 0.2) is 0 Å². The molecule has 4 N–H and O–H groups in total. The van der Waals surface area contributed by atoms with Crippen molar-refractivity contribution in [3.05, 3.63) is 35.4 Å². The van der Waals surface area contributed by atoms with Gasteiger partial charge in [-0.05, 0) is 46.6 Å². The predicted molar refractivity (Wildman–Crippen MR) is 126 cm³/mol. The minimum absolute atomic E-state index is 0.171. The molecule has 0 radical (unpaired) electrons. The lowest BCUT2D eigenvalue weighted by Crippen LogP contribution is -2.54. The van der Waals surface area contributed by atoms with E-state index in [-0.39, 0.29) is 12.5 Å². The highest BCUT2D eigenvalue weighted by Gasteiger charge is 2.36. The molecule has 0 aliphatic rings. The average molecular weight is 463 g/mol. The highest BCUT2D eigenvalue weighted by molar-refractivity contribution is 5.94. The zero-order valence-corrected chi connectivity index (χ0v) is 20.6. The summed E-state index contributed by atoms with van der Waals surface area (Å²) in [5, 5.41) is 5.33. The molecule has 0 aliphatic heterocycles. The molecule has 184 valence electrons. The second kappa shape index (κ2) is 12.8. The minimum Gasteiger partial charge on any atom is -0.444 e. The van der Waals surface area contributed by atoms with E-state index in [0.717, 1.165) is 18.4 Å².